The van der Waals surface area contributed by atoms with Crippen LogP contribution in [-0.4, -0.2) is 10.9 Å². The highest BCUT2D eigenvalue weighted by molar-refractivity contribution is 6.30. The lowest BCUT2D eigenvalue weighted by Gasteiger charge is -2.13. The highest BCUT2D eigenvalue weighted by Crippen LogP contribution is 2.12. The molecule has 0 spiro atoms. The van der Waals surface area contributed by atoms with E-state index in [1.165, 1.54) is 0 Å². The Hall–Kier alpha value is -1.87. The quantitative estimate of drug-likeness (QED) is 0.914. The van der Waals surface area contributed by atoms with Crippen LogP contribution in [0.15, 0.2) is 48.7 Å². The smallest absolute Gasteiger partial charge is 0.220 e. The van der Waals surface area contributed by atoms with Gasteiger partial charge in [0, 0.05) is 17.6 Å². The number of carbonyl (C=O) groups excluding carboxylic acids is 1. The van der Waals surface area contributed by atoms with Gasteiger partial charge in [-0.3, -0.25) is 9.78 Å². The molecule has 0 aliphatic carbocycles. The third-order valence-corrected chi connectivity index (χ3v) is 3.31. The molecular weight excluding hydrogens is 272 g/mol. The van der Waals surface area contributed by atoms with E-state index in [0.29, 0.717) is 17.9 Å². The highest BCUT2D eigenvalue weighted by atomic mass is 35.5. The van der Waals surface area contributed by atoms with Gasteiger partial charge >= 0.3 is 0 Å². The zero-order valence-electron chi connectivity index (χ0n) is 11.3. The molecule has 0 aliphatic heterocycles. The van der Waals surface area contributed by atoms with Crippen LogP contribution < -0.4 is 5.32 Å². The Morgan fingerprint density at radius 1 is 1.25 bits per heavy atom. The van der Waals surface area contributed by atoms with Gasteiger partial charge in [0.2, 0.25) is 5.91 Å². The molecule has 1 N–H and O–H groups in total. The molecule has 1 atom stereocenters. The van der Waals surface area contributed by atoms with Gasteiger partial charge in [-0.15, -0.1) is 0 Å². The maximum Gasteiger partial charge on any atom is 0.220 e. The summed E-state index contributed by atoms with van der Waals surface area (Å²) in [7, 11) is 0. The molecule has 1 heterocycles. The first kappa shape index (κ1) is 14.5. The molecule has 2 aromatic rings. The fourth-order valence-electron chi connectivity index (χ4n) is 1.93. The number of nitrogens with one attached hydrogen (secondary N) is 1. The van der Waals surface area contributed by atoms with Gasteiger partial charge in [-0.25, -0.2) is 0 Å². The molecule has 0 fully saturated rings. The second kappa shape index (κ2) is 7.06. The maximum absolute atomic E-state index is 11.9. The number of hydrogen-bond acceptors (Lipinski definition) is 2. The van der Waals surface area contributed by atoms with Crippen molar-refractivity contribution in [3.05, 3.63) is 64.9 Å². The van der Waals surface area contributed by atoms with Crippen molar-refractivity contribution in [2.24, 2.45) is 0 Å². The fraction of sp³-hybridized carbons (Fsp3) is 0.250. The summed E-state index contributed by atoms with van der Waals surface area (Å²) in [6, 6.07) is 13.2. The number of pyridine rings is 1. The summed E-state index contributed by atoms with van der Waals surface area (Å²) in [5, 5.41) is 3.66. The van der Waals surface area contributed by atoms with Crippen molar-refractivity contribution >= 4 is 17.5 Å². The second-order valence-corrected chi connectivity index (χ2v) is 5.11. The molecule has 0 saturated carbocycles. The number of nitrogens with zero attached hydrogens (tertiary/aromatic N) is 1. The zero-order valence-corrected chi connectivity index (χ0v) is 12.1. The lowest BCUT2D eigenvalue weighted by Crippen LogP contribution is -2.27. The van der Waals surface area contributed by atoms with E-state index in [4.69, 9.17) is 11.6 Å². The first-order valence-electron chi connectivity index (χ1n) is 6.60. The van der Waals surface area contributed by atoms with Gasteiger partial charge in [0.15, 0.2) is 0 Å². The molecule has 2 rings (SSSR count). The molecule has 0 aliphatic rings. The summed E-state index contributed by atoms with van der Waals surface area (Å²) < 4.78 is 0. The van der Waals surface area contributed by atoms with E-state index >= 15 is 0 Å². The topological polar surface area (TPSA) is 42.0 Å². The Labute approximate surface area is 124 Å². The Morgan fingerprint density at radius 2 is 2.00 bits per heavy atom. The van der Waals surface area contributed by atoms with Crippen LogP contribution in [0.3, 0.4) is 0 Å². The predicted octanol–water partition coefficient (Wildman–Crippen LogP) is 3.55. The van der Waals surface area contributed by atoms with E-state index in [1.54, 1.807) is 6.20 Å². The van der Waals surface area contributed by atoms with E-state index < -0.39 is 0 Å². The molecule has 0 radical (unpaired) electrons. The summed E-state index contributed by atoms with van der Waals surface area (Å²) in [6.45, 7) is 1.93. The summed E-state index contributed by atoms with van der Waals surface area (Å²) in [4.78, 5) is 16.1. The van der Waals surface area contributed by atoms with Gasteiger partial charge in [-0.2, -0.15) is 0 Å². The van der Waals surface area contributed by atoms with Crippen LogP contribution in [0.2, 0.25) is 5.02 Å². The molecule has 20 heavy (non-hydrogen) atoms. The molecule has 1 aromatic carbocycles. The zero-order chi connectivity index (χ0) is 14.4. The highest BCUT2D eigenvalue weighted by Gasteiger charge is 2.10. The third-order valence-electron chi connectivity index (χ3n) is 3.06. The Balaban J connectivity index is 1.82. The molecule has 1 aromatic heterocycles. The van der Waals surface area contributed by atoms with Gasteiger partial charge in [-0.1, -0.05) is 29.8 Å². The Morgan fingerprint density at radius 3 is 2.65 bits per heavy atom. The average molecular weight is 289 g/mol. The van der Waals surface area contributed by atoms with Crippen LogP contribution in [0.25, 0.3) is 0 Å². The number of amides is 1. The number of carbonyl (C=O) groups is 1. The number of rotatable bonds is 5. The summed E-state index contributed by atoms with van der Waals surface area (Å²) in [6.07, 6.45) is 2.89. The van der Waals surface area contributed by atoms with Gasteiger partial charge in [0.25, 0.3) is 0 Å². The van der Waals surface area contributed by atoms with Gasteiger partial charge < -0.3 is 5.32 Å². The van der Waals surface area contributed by atoms with Crippen LogP contribution in [-0.2, 0) is 11.2 Å². The van der Waals surface area contributed by atoms with E-state index in [0.717, 1.165) is 11.3 Å². The number of aryl methyl sites for hydroxylation is 1. The largest absolute Gasteiger partial charge is 0.348 e. The molecule has 1 unspecified atom stereocenters. The second-order valence-electron chi connectivity index (χ2n) is 4.67. The van der Waals surface area contributed by atoms with Crippen LogP contribution in [0.4, 0.5) is 0 Å². The number of halogens is 1. The normalized spacial score (nSPS) is 11.9. The van der Waals surface area contributed by atoms with Gasteiger partial charge in [0.05, 0.1) is 11.7 Å². The molecule has 1 amide bonds. The maximum atomic E-state index is 11.9. The van der Waals surface area contributed by atoms with Crippen molar-refractivity contribution in [1.29, 1.82) is 0 Å². The van der Waals surface area contributed by atoms with Crippen LogP contribution in [0, 0.1) is 0 Å². The van der Waals surface area contributed by atoms with Crippen LogP contribution >= 0.6 is 11.6 Å². The predicted molar refractivity (Wildman–Crippen MR) is 80.6 cm³/mol. The van der Waals surface area contributed by atoms with Crippen molar-refractivity contribution in [3.8, 4) is 0 Å². The van der Waals surface area contributed by atoms with Gasteiger partial charge in [0.1, 0.15) is 0 Å². The average Bonchev–Trinajstić information content (AvgIpc) is 2.47. The van der Waals surface area contributed by atoms with E-state index in [-0.39, 0.29) is 11.9 Å². The Bertz CT molecular complexity index is 554. The molecule has 0 bridgehead atoms. The van der Waals surface area contributed by atoms with E-state index in [9.17, 15) is 4.79 Å². The summed E-state index contributed by atoms with van der Waals surface area (Å²) in [5.74, 6) is 0.0260. The van der Waals surface area contributed by atoms with Crippen LogP contribution in [0.5, 0.6) is 0 Å². The van der Waals surface area contributed by atoms with Crippen molar-refractivity contribution in [1.82, 2.24) is 10.3 Å². The molecule has 4 heteroatoms. The van der Waals surface area contributed by atoms with Crippen molar-refractivity contribution < 1.29 is 4.79 Å². The first-order valence-corrected chi connectivity index (χ1v) is 6.97. The minimum atomic E-state index is -0.0751. The minimum absolute atomic E-state index is 0.0260. The standard InChI is InChI=1S/C16H17ClN2O/c1-12(15-4-2-3-11-18-15)19-16(20)10-7-13-5-8-14(17)9-6-13/h2-6,8-9,11-12H,7,10H2,1H3,(H,19,20). The molecular formula is C16H17ClN2O. The number of hydrogen-bond donors (Lipinski definition) is 1. The third kappa shape index (κ3) is 4.35. The van der Waals surface area contributed by atoms with Crippen LogP contribution in [0.1, 0.15) is 30.6 Å². The molecule has 0 saturated heterocycles. The fourth-order valence-corrected chi connectivity index (χ4v) is 2.05. The Kier molecular flexibility index (Phi) is 5.13. The number of benzene rings is 1. The summed E-state index contributed by atoms with van der Waals surface area (Å²) in [5.41, 5.74) is 1.97. The molecule has 104 valence electrons. The first-order chi connectivity index (χ1) is 9.65. The lowest BCUT2D eigenvalue weighted by molar-refractivity contribution is -0.121. The lowest BCUT2D eigenvalue weighted by atomic mass is 10.1. The van der Waals surface area contributed by atoms with Crippen molar-refractivity contribution in [3.63, 3.8) is 0 Å². The van der Waals surface area contributed by atoms with Gasteiger partial charge in [-0.05, 0) is 43.2 Å². The molecule has 3 nitrogen and oxygen atoms in total. The van der Waals surface area contributed by atoms with Crippen molar-refractivity contribution in [2.75, 3.05) is 0 Å². The minimum Gasteiger partial charge on any atom is -0.348 e. The van der Waals surface area contributed by atoms with E-state index in [2.05, 4.69) is 10.3 Å². The van der Waals surface area contributed by atoms with E-state index in [1.807, 2.05) is 49.4 Å². The van der Waals surface area contributed by atoms with Crippen molar-refractivity contribution in [2.45, 2.75) is 25.8 Å². The SMILES string of the molecule is CC(NC(=O)CCc1ccc(Cl)cc1)c1ccccn1. The summed E-state index contributed by atoms with van der Waals surface area (Å²) >= 11 is 5.82. The number of aromatic nitrogens is 1. The monoisotopic (exact) mass is 288 g/mol.